The number of hydrogen-bond donors (Lipinski definition) is 0. The molecule has 0 saturated heterocycles. The summed E-state index contributed by atoms with van der Waals surface area (Å²) in [7, 11) is 5.32. The van der Waals surface area contributed by atoms with Crippen LogP contribution in [0.1, 0.15) is 357 Å². The van der Waals surface area contributed by atoms with Crippen LogP contribution in [0.3, 0.4) is 0 Å². The maximum absolute atomic E-state index is 12.8. The number of nitrogens with zero attached hydrogens (tertiary/aromatic N) is 2. The zero-order valence-electron chi connectivity index (χ0n) is 57.9. The van der Waals surface area contributed by atoms with Crippen molar-refractivity contribution in [1.29, 1.82) is 0 Å². The molecular weight excluding hydrogens is 1050 g/mol. The van der Waals surface area contributed by atoms with Crippen molar-refractivity contribution in [3.05, 3.63) is 0 Å². The predicted molar refractivity (Wildman–Crippen MR) is 360 cm³/mol. The van der Waals surface area contributed by atoms with Crippen LogP contribution >= 0.6 is 0 Å². The van der Waals surface area contributed by atoms with Crippen molar-refractivity contribution < 1.29 is 42.9 Å². The van der Waals surface area contributed by atoms with Gasteiger partial charge in [0, 0.05) is 72.4 Å². The third-order valence-corrected chi connectivity index (χ3v) is 16.2. The van der Waals surface area contributed by atoms with Crippen LogP contribution in [-0.4, -0.2) is 120 Å². The number of unbranched alkanes of at least 4 members (excludes halogenated alkanes) is 34. The van der Waals surface area contributed by atoms with Crippen molar-refractivity contribution in [2.45, 2.75) is 369 Å². The van der Waals surface area contributed by atoms with Crippen LogP contribution < -0.4 is 0 Å². The molecule has 0 heterocycles. The van der Waals surface area contributed by atoms with Gasteiger partial charge in [-0.25, -0.2) is 0 Å². The molecule has 0 aliphatic rings. The molecule has 11 nitrogen and oxygen atoms in total. The third-order valence-electron chi connectivity index (χ3n) is 16.2. The molecule has 0 fully saturated rings. The second-order valence-electron chi connectivity index (χ2n) is 24.2. The second-order valence-corrected chi connectivity index (χ2v) is 24.2. The highest BCUT2D eigenvalue weighted by Crippen LogP contribution is 2.20. The van der Waals surface area contributed by atoms with Gasteiger partial charge in [0.2, 0.25) is 5.91 Å². The summed E-state index contributed by atoms with van der Waals surface area (Å²) < 4.78 is 22.1. The van der Waals surface area contributed by atoms with Gasteiger partial charge in [0.25, 0.3) is 0 Å². The number of rotatable bonds is 63. The molecule has 0 spiro atoms. The fraction of sp³-hybridized carbons (Fsp3) is 0.932. The van der Waals surface area contributed by atoms with Crippen molar-refractivity contribution >= 4 is 30.7 Å². The standard InChI is InChI=1S/C25H48O3.C22H46N2O3.C18H38O.C8H14O2/c1-3-5-7-9-12-16-20-24(21-17-13-10-8-6-4-2)28-25(27)22-18-14-11-15-19-23-26;1-6-9-10-11-12-15-22(25)24(18-21(19-26-4)20-27-5)17-14-13-16-23(7-2)8-3;1-4-6-8-10-12-14-16-18(19-3)17-15-13-11-9-7-5-2;9-7-5-3-1-2-4-6-8-10/h23-24H,3-22H2,1-2H3;21H,6-20H2,1-5H3;18H,4-17H2,1-3H3;7-8H,1-6H2. The fourth-order valence-corrected chi connectivity index (χ4v) is 10.6. The fourth-order valence-electron chi connectivity index (χ4n) is 10.6. The molecule has 0 bridgehead atoms. The Kier molecular flexibility index (Phi) is 82.8. The van der Waals surface area contributed by atoms with Gasteiger partial charge in [0.15, 0.2) is 0 Å². The van der Waals surface area contributed by atoms with Crippen LogP contribution in [0.15, 0.2) is 0 Å². The Balaban J connectivity index is -0.000000535. The van der Waals surface area contributed by atoms with Gasteiger partial charge >= 0.3 is 5.97 Å². The van der Waals surface area contributed by atoms with E-state index in [4.69, 9.17) is 18.9 Å². The van der Waals surface area contributed by atoms with Gasteiger partial charge in [-0.2, -0.15) is 0 Å². The minimum Gasteiger partial charge on any atom is -0.462 e. The lowest BCUT2D eigenvalue weighted by atomic mass is 10.0. The van der Waals surface area contributed by atoms with E-state index in [1.54, 1.807) is 14.2 Å². The van der Waals surface area contributed by atoms with Gasteiger partial charge in [-0.3, -0.25) is 9.59 Å². The molecule has 0 N–H and O–H groups in total. The molecule has 0 saturated carbocycles. The molecule has 0 aromatic carbocycles. The lowest BCUT2D eigenvalue weighted by Crippen LogP contribution is -2.39. The summed E-state index contributed by atoms with van der Waals surface area (Å²) in [6.07, 6.45) is 59.6. The van der Waals surface area contributed by atoms with Crippen molar-refractivity contribution in [3.8, 4) is 0 Å². The van der Waals surface area contributed by atoms with Gasteiger partial charge in [-0.15, -0.1) is 0 Å². The maximum Gasteiger partial charge on any atom is 0.306 e. The minimum atomic E-state index is -0.0163. The summed E-state index contributed by atoms with van der Waals surface area (Å²) >= 11 is 0. The Morgan fingerprint density at radius 3 is 1.04 bits per heavy atom. The molecule has 1 amide bonds. The Morgan fingerprint density at radius 2 is 0.690 bits per heavy atom. The lowest BCUT2D eigenvalue weighted by molar-refractivity contribution is -0.150. The number of methoxy groups -OCH3 is 3. The molecule has 0 aromatic rings. The van der Waals surface area contributed by atoms with Gasteiger partial charge in [-0.1, -0.05) is 241 Å². The maximum atomic E-state index is 12.8. The largest absolute Gasteiger partial charge is 0.462 e. The summed E-state index contributed by atoms with van der Waals surface area (Å²) in [5, 5.41) is 0. The highest BCUT2D eigenvalue weighted by atomic mass is 16.5. The summed E-state index contributed by atoms with van der Waals surface area (Å²) in [5.41, 5.74) is 0. The number of esters is 1. The first kappa shape index (κ1) is 88.2. The van der Waals surface area contributed by atoms with E-state index in [0.717, 1.165) is 141 Å². The average molecular weight is 1200 g/mol. The zero-order valence-corrected chi connectivity index (χ0v) is 57.9. The number of carbonyl (C=O) groups excluding carboxylic acids is 5. The van der Waals surface area contributed by atoms with E-state index in [0.29, 0.717) is 57.3 Å². The van der Waals surface area contributed by atoms with E-state index in [1.807, 2.05) is 7.11 Å². The number of amides is 1. The Morgan fingerprint density at radius 1 is 0.369 bits per heavy atom. The summed E-state index contributed by atoms with van der Waals surface area (Å²) in [5.74, 6) is 0.524. The monoisotopic (exact) mass is 1200 g/mol. The van der Waals surface area contributed by atoms with Crippen molar-refractivity contribution in [1.82, 2.24) is 9.80 Å². The molecule has 0 rings (SSSR count). The minimum absolute atomic E-state index is 0.0163. The van der Waals surface area contributed by atoms with Gasteiger partial charge in [-0.05, 0) is 103 Å². The highest BCUT2D eigenvalue weighted by molar-refractivity contribution is 5.76. The quantitative estimate of drug-likeness (QED) is 0.0330. The summed E-state index contributed by atoms with van der Waals surface area (Å²) in [6.45, 7) is 21.8. The van der Waals surface area contributed by atoms with E-state index in [-0.39, 0.29) is 18.0 Å². The zero-order chi connectivity index (χ0) is 62.9. The van der Waals surface area contributed by atoms with E-state index in [2.05, 4.69) is 58.3 Å². The summed E-state index contributed by atoms with van der Waals surface area (Å²) in [6, 6.07) is 0. The Hall–Kier alpha value is -2.21. The van der Waals surface area contributed by atoms with Crippen molar-refractivity contribution in [3.63, 3.8) is 0 Å². The number of ether oxygens (including phenoxy) is 4. The molecular formula is C73H146N2O9. The first-order valence-electron chi connectivity index (χ1n) is 36.1. The average Bonchev–Trinajstić information content (AvgIpc) is 3.50. The van der Waals surface area contributed by atoms with Crippen LogP contribution in [0, 0.1) is 5.92 Å². The highest BCUT2D eigenvalue weighted by Gasteiger charge is 2.19. The lowest BCUT2D eigenvalue weighted by Gasteiger charge is -2.28. The molecule has 0 aromatic heterocycles. The molecule has 0 aliphatic heterocycles. The van der Waals surface area contributed by atoms with Crippen molar-refractivity contribution in [2.24, 2.45) is 5.92 Å². The molecule has 0 atom stereocenters. The van der Waals surface area contributed by atoms with Gasteiger partial charge in [0.05, 0.1) is 19.3 Å². The number of hydrogen-bond acceptors (Lipinski definition) is 10. The van der Waals surface area contributed by atoms with Crippen LogP contribution in [0.5, 0.6) is 0 Å². The molecule has 0 unspecified atom stereocenters. The Labute approximate surface area is 523 Å². The van der Waals surface area contributed by atoms with Crippen LogP contribution in [-0.2, 0) is 42.9 Å². The summed E-state index contributed by atoms with van der Waals surface area (Å²) in [4.78, 5) is 59.5. The molecule has 0 radical (unpaired) electrons. The number of aldehydes is 3. The van der Waals surface area contributed by atoms with Crippen molar-refractivity contribution in [2.75, 3.05) is 67.3 Å². The topological polar surface area (TPSA) is 129 Å². The SMILES string of the molecule is CCCCCCCC(=O)N(CCCCN(CC)CC)CC(COC)COC.CCCCCCCCC(CCCCCCCC)OC.CCCCCCCCC(CCCCCCCC)OC(=O)CCCCCCC=O.O=CCCCCCCC=O. The second kappa shape index (κ2) is 78.8. The smallest absolute Gasteiger partial charge is 0.306 e. The normalized spacial score (nSPS) is 11.1. The first-order valence-corrected chi connectivity index (χ1v) is 36.1. The van der Waals surface area contributed by atoms with Crippen LogP contribution in [0.2, 0.25) is 0 Å². The Bertz CT molecular complexity index is 1230. The van der Waals surface area contributed by atoms with Gasteiger partial charge < -0.3 is 43.1 Å². The first-order chi connectivity index (χ1) is 41.1. The predicted octanol–water partition coefficient (Wildman–Crippen LogP) is 20.4. The number of carbonyl (C=O) groups is 5. The van der Waals surface area contributed by atoms with E-state index < -0.39 is 0 Å². The van der Waals surface area contributed by atoms with E-state index >= 15 is 0 Å². The van der Waals surface area contributed by atoms with Gasteiger partial charge in [0.1, 0.15) is 25.0 Å². The van der Waals surface area contributed by atoms with E-state index in [9.17, 15) is 24.0 Å². The molecule has 502 valence electrons. The third kappa shape index (κ3) is 72.3. The molecule has 84 heavy (non-hydrogen) atoms. The van der Waals surface area contributed by atoms with E-state index in [1.165, 1.54) is 186 Å². The van der Waals surface area contributed by atoms with Crippen LogP contribution in [0.25, 0.3) is 0 Å². The molecule has 11 heteroatoms. The molecule has 0 aliphatic carbocycles. The van der Waals surface area contributed by atoms with Crippen LogP contribution in [0.4, 0.5) is 0 Å².